The molecule has 0 heterocycles. The fraction of sp³-hybridized carbons (Fsp3) is 0.303. The van der Waals surface area contributed by atoms with Crippen LogP contribution in [-0.4, -0.2) is 46.5 Å². The molecule has 0 aliphatic carbocycles. The van der Waals surface area contributed by atoms with E-state index in [2.05, 4.69) is 17.2 Å². The Morgan fingerprint density at radius 3 is 1.81 bits per heavy atom. The van der Waals surface area contributed by atoms with Crippen LogP contribution in [0.5, 0.6) is 0 Å². The molecule has 0 saturated heterocycles. The fourth-order valence-electron chi connectivity index (χ4n) is 4.16. The Hall–Kier alpha value is -4.20. The number of hydrogen-bond donors (Lipinski definition) is 3. The Morgan fingerprint density at radius 2 is 1.30 bits per heavy atom. The van der Waals surface area contributed by atoms with Crippen molar-refractivity contribution in [3.8, 4) is 0 Å². The predicted octanol–water partition coefficient (Wildman–Crippen LogP) is 5.38. The Balaban J connectivity index is 1.73. The van der Waals surface area contributed by atoms with Crippen LogP contribution >= 0.6 is 7.37 Å². The monoisotopic (exact) mass is 606 g/mol. The maximum atomic E-state index is 13.7. The third kappa shape index (κ3) is 11.5. The summed E-state index contributed by atoms with van der Waals surface area (Å²) in [5.74, 6) is -2.69. The maximum absolute atomic E-state index is 13.7. The van der Waals surface area contributed by atoms with Gasteiger partial charge in [0.1, 0.15) is 24.0 Å². The summed E-state index contributed by atoms with van der Waals surface area (Å²) in [4.78, 5) is 50.0. The first-order chi connectivity index (χ1) is 20.3. The minimum absolute atomic E-state index is 0.0124. The molecule has 10 heteroatoms. The molecule has 0 aliphatic rings. The van der Waals surface area contributed by atoms with E-state index in [-0.39, 0.29) is 25.0 Å². The number of nitrogens with one attached hydrogen (secondary N) is 2. The van der Waals surface area contributed by atoms with Crippen molar-refractivity contribution in [2.24, 2.45) is 0 Å². The minimum atomic E-state index is -4.28. The van der Waals surface area contributed by atoms with Gasteiger partial charge < -0.3 is 25.0 Å². The normalized spacial score (nSPS) is 14.0. The molecule has 228 valence electrons. The second-order valence-corrected chi connectivity index (χ2v) is 13.6. The van der Waals surface area contributed by atoms with E-state index in [0.29, 0.717) is 5.56 Å². The molecule has 2 amide bonds. The molecule has 0 bridgehead atoms. The molecule has 0 aliphatic heterocycles. The van der Waals surface area contributed by atoms with Crippen molar-refractivity contribution < 1.29 is 33.3 Å². The van der Waals surface area contributed by atoms with Crippen LogP contribution in [0.2, 0.25) is 0 Å². The van der Waals surface area contributed by atoms with E-state index in [9.17, 15) is 23.8 Å². The van der Waals surface area contributed by atoms with Gasteiger partial charge >= 0.3 is 12.1 Å². The van der Waals surface area contributed by atoms with Gasteiger partial charge in [-0.1, -0.05) is 97.6 Å². The molecular formula is C33H39N2O7P. The zero-order valence-corrected chi connectivity index (χ0v) is 25.6. The summed E-state index contributed by atoms with van der Waals surface area (Å²) in [5.41, 5.74) is 1.24. The average Bonchev–Trinajstić information content (AvgIpc) is 2.96. The molecule has 9 nitrogen and oxygen atoms in total. The number of benzene rings is 3. The highest BCUT2D eigenvalue weighted by Crippen LogP contribution is 2.47. The lowest BCUT2D eigenvalue weighted by atomic mass is 10.1. The van der Waals surface area contributed by atoms with Crippen molar-refractivity contribution in [1.82, 2.24) is 10.6 Å². The zero-order valence-electron chi connectivity index (χ0n) is 24.7. The van der Waals surface area contributed by atoms with Crippen molar-refractivity contribution in [2.45, 2.75) is 57.6 Å². The zero-order chi connectivity index (χ0) is 31.5. The standard InChI is InChI=1S/C33H39N2O7P/c1-24(30(36)34-28(31(37)42-33(2,3)4)20-25-14-8-5-9-15-25)23-43(39,40)29(21-26-16-10-6-11-17-26)35-32(38)41-22-27-18-12-7-13-19-27/h5-19,28-29H,1,20-23H2,2-4H3,(H,34,36)(H,35,38)(H,39,40). The molecule has 0 spiro atoms. The largest absolute Gasteiger partial charge is 0.458 e. The first kappa shape index (κ1) is 33.3. The number of alkyl carbamates (subject to hydrolysis) is 1. The molecular weight excluding hydrogens is 567 g/mol. The molecule has 0 aromatic heterocycles. The third-order valence-corrected chi connectivity index (χ3v) is 8.39. The van der Waals surface area contributed by atoms with Crippen LogP contribution in [0.4, 0.5) is 4.79 Å². The van der Waals surface area contributed by atoms with E-state index in [1.54, 1.807) is 75.4 Å². The highest BCUT2D eigenvalue weighted by Gasteiger charge is 2.36. The van der Waals surface area contributed by atoms with Gasteiger partial charge in [-0.25, -0.2) is 9.59 Å². The predicted molar refractivity (Wildman–Crippen MR) is 165 cm³/mol. The fourth-order valence-corrected chi connectivity index (χ4v) is 5.88. The molecule has 3 rings (SSSR count). The summed E-state index contributed by atoms with van der Waals surface area (Å²) < 4.78 is 24.5. The van der Waals surface area contributed by atoms with Crippen molar-refractivity contribution in [3.05, 3.63) is 120 Å². The topological polar surface area (TPSA) is 131 Å². The average molecular weight is 607 g/mol. The van der Waals surface area contributed by atoms with Gasteiger partial charge in [-0.05, 0) is 37.5 Å². The van der Waals surface area contributed by atoms with Crippen molar-refractivity contribution in [2.75, 3.05) is 6.16 Å². The smallest absolute Gasteiger partial charge is 0.408 e. The number of carbonyl (C=O) groups excluding carboxylic acids is 3. The number of esters is 1. The van der Waals surface area contributed by atoms with Gasteiger partial charge in [0.25, 0.3) is 0 Å². The number of rotatable bonds is 13. The Labute approximate surface area is 252 Å². The van der Waals surface area contributed by atoms with Crippen molar-refractivity contribution in [1.29, 1.82) is 0 Å². The van der Waals surface area contributed by atoms with Crippen LogP contribution in [0.15, 0.2) is 103 Å². The van der Waals surface area contributed by atoms with Gasteiger partial charge in [-0.3, -0.25) is 9.36 Å². The maximum Gasteiger partial charge on any atom is 0.408 e. The first-order valence-corrected chi connectivity index (χ1v) is 15.8. The van der Waals surface area contributed by atoms with Crippen molar-refractivity contribution >= 4 is 25.3 Å². The molecule has 3 atom stereocenters. The molecule has 3 aromatic carbocycles. The van der Waals surface area contributed by atoms with Gasteiger partial charge in [0, 0.05) is 18.4 Å². The van der Waals surface area contributed by atoms with Crippen LogP contribution in [0, 0.1) is 0 Å². The summed E-state index contributed by atoms with van der Waals surface area (Å²) in [6, 6.07) is 25.9. The summed E-state index contributed by atoms with van der Waals surface area (Å²) >= 11 is 0. The van der Waals surface area contributed by atoms with Gasteiger partial charge in [0.2, 0.25) is 13.3 Å². The Morgan fingerprint density at radius 1 is 0.814 bits per heavy atom. The van der Waals surface area contributed by atoms with E-state index in [1.165, 1.54) is 0 Å². The molecule has 0 radical (unpaired) electrons. The van der Waals surface area contributed by atoms with E-state index >= 15 is 0 Å². The third-order valence-electron chi connectivity index (χ3n) is 6.27. The van der Waals surface area contributed by atoms with Gasteiger partial charge in [-0.2, -0.15) is 0 Å². The molecule has 0 saturated carbocycles. The summed E-state index contributed by atoms with van der Waals surface area (Å²) in [6.07, 6.45) is -1.33. The SMILES string of the molecule is C=C(CP(=O)(O)C(Cc1ccccc1)NC(=O)OCc1ccccc1)C(=O)NC(Cc1ccccc1)C(=O)OC(C)(C)C. The minimum Gasteiger partial charge on any atom is -0.458 e. The van der Waals surface area contributed by atoms with E-state index in [4.69, 9.17) is 9.47 Å². The Kier molecular flexibility index (Phi) is 11.9. The molecule has 3 aromatic rings. The lowest BCUT2D eigenvalue weighted by molar-refractivity contribution is -0.158. The number of carbonyl (C=O) groups is 3. The van der Waals surface area contributed by atoms with Crippen LogP contribution in [0.1, 0.15) is 37.5 Å². The number of ether oxygens (including phenoxy) is 2. The number of amides is 2. The van der Waals surface area contributed by atoms with Crippen molar-refractivity contribution in [3.63, 3.8) is 0 Å². The van der Waals surface area contributed by atoms with E-state index < -0.39 is 48.9 Å². The highest BCUT2D eigenvalue weighted by molar-refractivity contribution is 7.59. The van der Waals surface area contributed by atoms with E-state index in [0.717, 1.165) is 11.1 Å². The quantitative estimate of drug-likeness (QED) is 0.135. The molecule has 0 fully saturated rings. The second-order valence-electron chi connectivity index (χ2n) is 11.2. The second kappa shape index (κ2) is 15.3. The molecule has 3 N–H and O–H groups in total. The summed E-state index contributed by atoms with van der Waals surface area (Å²) in [6.45, 7) is 8.87. The lowest BCUT2D eigenvalue weighted by Crippen LogP contribution is -2.46. The van der Waals surface area contributed by atoms with Crippen LogP contribution in [0.3, 0.4) is 0 Å². The summed E-state index contributed by atoms with van der Waals surface area (Å²) in [7, 11) is -4.28. The van der Waals surface area contributed by atoms with Gasteiger partial charge in [0.15, 0.2) is 0 Å². The molecule has 43 heavy (non-hydrogen) atoms. The van der Waals surface area contributed by atoms with Crippen LogP contribution < -0.4 is 10.6 Å². The highest BCUT2D eigenvalue weighted by atomic mass is 31.2. The molecule has 3 unspecified atom stereocenters. The van der Waals surface area contributed by atoms with Crippen LogP contribution in [-0.2, 0) is 43.1 Å². The van der Waals surface area contributed by atoms with E-state index in [1.807, 2.05) is 36.4 Å². The first-order valence-electron chi connectivity index (χ1n) is 13.9. The summed E-state index contributed by atoms with van der Waals surface area (Å²) in [5, 5.41) is 5.14. The van der Waals surface area contributed by atoms with Gasteiger partial charge in [0.05, 0.1) is 6.16 Å². The lowest BCUT2D eigenvalue weighted by Gasteiger charge is -2.26. The van der Waals surface area contributed by atoms with Gasteiger partial charge in [-0.15, -0.1) is 0 Å². The Bertz CT molecular complexity index is 1420. The van der Waals surface area contributed by atoms with Crippen LogP contribution in [0.25, 0.3) is 0 Å². The number of hydrogen-bond acceptors (Lipinski definition) is 6.